The molecule has 0 heterocycles. The van der Waals surface area contributed by atoms with E-state index in [-0.39, 0.29) is 0 Å². The lowest BCUT2D eigenvalue weighted by Crippen LogP contribution is -1.89. The maximum absolute atomic E-state index is 3.62. The van der Waals surface area contributed by atoms with Gasteiger partial charge in [0.1, 0.15) is 0 Å². The van der Waals surface area contributed by atoms with Crippen LogP contribution >= 0.6 is 22.9 Å². The van der Waals surface area contributed by atoms with Crippen LogP contribution in [0.15, 0.2) is 16.9 Å². The summed E-state index contributed by atoms with van der Waals surface area (Å²) < 4.78 is 1.65. The Bertz CT molecular complexity index is 105. The number of nitrogens with zero attached hydrogens (tertiary/aromatic N) is 2. The van der Waals surface area contributed by atoms with Crippen LogP contribution in [0.4, 0.5) is 0 Å². The Balaban J connectivity index is 3.68. The summed E-state index contributed by atoms with van der Waals surface area (Å²) in [5, 5.41) is 3.62. The van der Waals surface area contributed by atoms with Crippen LogP contribution in [0.2, 0.25) is 0 Å². The number of hydrogen-bond donors (Lipinski definition) is 0. The van der Waals surface area contributed by atoms with Crippen LogP contribution in [0.1, 0.15) is 13.8 Å². The van der Waals surface area contributed by atoms with Crippen molar-refractivity contribution in [3.05, 3.63) is 11.8 Å². The highest BCUT2D eigenvalue weighted by Gasteiger charge is 1.82. The maximum atomic E-state index is 3.62. The van der Waals surface area contributed by atoms with E-state index in [0.29, 0.717) is 0 Å². The zero-order chi connectivity index (χ0) is 6.57. The van der Waals surface area contributed by atoms with Gasteiger partial charge in [0, 0.05) is 12.9 Å². The van der Waals surface area contributed by atoms with Crippen molar-refractivity contribution in [3.63, 3.8) is 0 Å². The van der Waals surface area contributed by atoms with Crippen LogP contribution in [0.5, 0.6) is 0 Å². The maximum Gasteiger partial charge on any atom is 0.0842 e. The molecular formula is C5H9IN2. The van der Waals surface area contributed by atoms with Crippen molar-refractivity contribution in [3.8, 4) is 0 Å². The van der Waals surface area contributed by atoms with Gasteiger partial charge in [0.15, 0.2) is 0 Å². The second-order valence-corrected chi connectivity index (χ2v) is 2.63. The number of rotatable bonds is 2. The fourth-order valence-electron chi connectivity index (χ4n) is 0.254. The van der Waals surface area contributed by atoms with Crippen molar-refractivity contribution >= 4 is 29.6 Å². The molecule has 3 heteroatoms. The van der Waals surface area contributed by atoms with Crippen molar-refractivity contribution in [2.24, 2.45) is 5.10 Å². The monoisotopic (exact) mass is 224 g/mol. The molecule has 0 amide bonds. The number of hydrogen-bond acceptors (Lipinski definition) is 2. The van der Waals surface area contributed by atoms with Crippen LogP contribution in [0.25, 0.3) is 0 Å². The fourth-order valence-corrected chi connectivity index (χ4v) is 0.811. The van der Waals surface area contributed by atoms with E-state index in [1.807, 2.05) is 42.9 Å². The van der Waals surface area contributed by atoms with E-state index in [0.717, 1.165) is 0 Å². The van der Waals surface area contributed by atoms with E-state index in [4.69, 9.17) is 0 Å². The Labute approximate surface area is 63.8 Å². The first kappa shape index (κ1) is 7.94. The van der Waals surface area contributed by atoms with Gasteiger partial charge < -0.3 is 0 Å². The molecule has 46 valence electrons. The normalized spacial score (nSPS) is 7.88. The Kier molecular flexibility index (Phi) is 3.85. The summed E-state index contributed by atoms with van der Waals surface area (Å²) >= 11 is 2.05. The molecule has 0 saturated carbocycles. The van der Waals surface area contributed by atoms with Crippen LogP contribution in [0.3, 0.4) is 0 Å². The minimum atomic E-state index is 1.21. The first-order chi connectivity index (χ1) is 3.66. The van der Waals surface area contributed by atoms with Gasteiger partial charge in [-0.15, -0.1) is 0 Å². The molecule has 0 spiro atoms. The first-order valence-electron chi connectivity index (χ1n) is 2.23. The van der Waals surface area contributed by atoms with Gasteiger partial charge in [-0.1, -0.05) is 5.57 Å². The van der Waals surface area contributed by atoms with Gasteiger partial charge in [0.25, 0.3) is 0 Å². The quantitative estimate of drug-likeness (QED) is 0.304. The molecule has 0 atom stereocenters. The molecule has 0 aliphatic heterocycles. The number of hydrazone groups is 1. The second-order valence-electron chi connectivity index (χ2n) is 1.64. The summed E-state index contributed by atoms with van der Waals surface area (Å²) in [7, 11) is 0. The summed E-state index contributed by atoms with van der Waals surface area (Å²) in [4.78, 5) is 0. The van der Waals surface area contributed by atoms with Crippen LogP contribution in [-0.4, -0.2) is 9.94 Å². The van der Waals surface area contributed by atoms with Crippen molar-refractivity contribution < 1.29 is 0 Å². The van der Waals surface area contributed by atoms with Gasteiger partial charge in [0.05, 0.1) is 22.9 Å². The molecule has 0 N–H and O–H groups in total. The third kappa shape index (κ3) is 4.11. The fraction of sp³-hybridized carbons (Fsp3) is 0.400. The molecule has 0 aliphatic carbocycles. The molecule has 0 aromatic heterocycles. The van der Waals surface area contributed by atoms with E-state index < -0.39 is 0 Å². The SMILES string of the molecule is C=NN(I)C=C(C)C. The lowest BCUT2D eigenvalue weighted by atomic mass is 10.4. The first-order valence-corrected chi connectivity index (χ1v) is 3.20. The molecule has 0 fully saturated rings. The van der Waals surface area contributed by atoms with Crippen molar-refractivity contribution in [1.29, 1.82) is 0 Å². The van der Waals surface area contributed by atoms with Crippen LogP contribution < -0.4 is 0 Å². The molecule has 0 aromatic rings. The zero-order valence-electron chi connectivity index (χ0n) is 5.06. The third-order valence-corrected chi connectivity index (χ3v) is 1.08. The lowest BCUT2D eigenvalue weighted by molar-refractivity contribution is 0.729. The summed E-state index contributed by atoms with van der Waals surface area (Å²) in [6, 6.07) is 0. The average Bonchev–Trinajstić information content (AvgIpc) is 1.65. The van der Waals surface area contributed by atoms with Gasteiger partial charge in [-0.25, -0.2) is 3.22 Å². The highest BCUT2D eigenvalue weighted by molar-refractivity contribution is 14.1. The van der Waals surface area contributed by atoms with Crippen molar-refractivity contribution in [1.82, 2.24) is 3.22 Å². The third-order valence-electron chi connectivity index (χ3n) is 0.500. The van der Waals surface area contributed by atoms with E-state index in [9.17, 15) is 0 Å². The second kappa shape index (κ2) is 3.88. The van der Waals surface area contributed by atoms with Crippen molar-refractivity contribution in [2.75, 3.05) is 0 Å². The topological polar surface area (TPSA) is 15.6 Å². The van der Waals surface area contributed by atoms with Gasteiger partial charge in [-0.05, 0) is 13.8 Å². The van der Waals surface area contributed by atoms with Gasteiger partial charge in [0.2, 0.25) is 0 Å². The highest BCUT2D eigenvalue weighted by atomic mass is 127. The van der Waals surface area contributed by atoms with Gasteiger partial charge in [-0.3, -0.25) is 0 Å². The minimum Gasteiger partial charge on any atom is -0.212 e. The standard InChI is InChI=1S/C5H9IN2/c1-5(2)4-8(6)7-3/h4H,3H2,1-2H3. The zero-order valence-corrected chi connectivity index (χ0v) is 7.21. The van der Waals surface area contributed by atoms with Crippen molar-refractivity contribution in [2.45, 2.75) is 13.8 Å². The Hall–Kier alpha value is -0.0600. The van der Waals surface area contributed by atoms with Crippen LogP contribution in [-0.2, 0) is 0 Å². The molecule has 2 nitrogen and oxygen atoms in total. The molecule has 0 radical (unpaired) electrons. The molecule has 0 unspecified atom stereocenters. The predicted molar refractivity (Wildman–Crippen MR) is 44.8 cm³/mol. The minimum absolute atomic E-state index is 1.21. The lowest BCUT2D eigenvalue weighted by Gasteiger charge is -2.00. The number of halogens is 1. The molecule has 0 bridgehead atoms. The Morgan fingerprint density at radius 3 is 2.38 bits per heavy atom. The number of allylic oxidation sites excluding steroid dienone is 1. The molecule has 8 heavy (non-hydrogen) atoms. The Morgan fingerprint density at radius 1 is 1.75 bits per heavy atom. The van der Waals surface area contributed by atoms with Gasteiger partial charge >= 0.3 is 0 Å². The molecular weight excluding hydrogens is 215 g/mol. The van der Waals surface area contributed by atoms with E-state index in [1.54, 1.807) is 3.22 Å². The summed E-state index contributed by atoms with van der Waals surface area (Å²) in [6.07, 6.45) is 1.90. The summed E-state index contributed by atoms with van der Waals surface area (Å²) in [5.74, 6) is 0. The van der Waals surface area contributed by atoms with E-state index >= 15 is 0 Å². The molecule has 0 aliphatic rings. The molecule has 0 aromatic carbocycles. The Morgan fingerprint density at radius 2 is 2.25 bits per heavy atom. The van der Waals surface area contributed by atoms with Crippen LogP contribution in [0, 0.1) is 0 Å². The average molecular weight is 224 g/mol. The molecule has 0 rings (SSSR count). The van der Waals surface area contributed by atoms with Gasteiger partial charge in [-0.2, -0.15) is 5.10 Å². The molecule has 0 saturated heterocycles. The largest absolute Gasteiger partial charge is 0.212 e. The summed E-state index contributed by atoms with van der Waals surface area (Å²) in [6.45, 7) is 7.36. The predicted octanol–water partition coefficient (Wildman–Crippen LogP) is 2.18. The summed E-state index contributed by atoms with van der Waals surface area (Å²) in [5.41, 5.74) is 1.21. The smallest absolute Gasteiger partial charge is 0.0842 e. The highest BCUT2D eigenvalue weighted by Crippen LogP contribution is 2.02. The van der Waals surface area contributed by atoms with E-state index in [2.05, 4.69) is 11.8 Å². The van der Waals surface area contributed by atoms with E-state index in [1.165, 1.54) is 5.57 Å².